The van der Waals surface area contributed by atoms with E-state index < -0.39 is 0 Å². The van der Waals surface area contributed by atoms with Crippen LogP contribution >= 0.6 is 12.2 Å². The van der Waals surface area contributed by atoms with Crippen LogP contribution in [-0.2, 0) is 4.79 Å². The Hall–Kier alpha value is -0.700. The first kappa shape index (κ1) is 14.3. The third kappa shape index (κ3) is 7.25. The summed E-state index contributed by atoms with van der Waals surface area (Å²) in [5, 5.41) is 2.81. The third-order valence-corrected chi connectivity index (χ3v) is 2.86. The van der Waals surface area contributed by atoms with Gasteiger partial charge in [0.05, 0.1) is 0 Å². The second-order valence-corrected chi connectivity index (χ2v) is 4.21. The minimum atomic E-state index is 0.00218. The highest BCUT2D eigenvalue weighted by Crippen LogP contribution is 2.12. The summed E-state index contributed by atoms with van der Waals surface area (Å²) in [6.07, 6.45) is 6.34. The number of hydrogen-bond donors (Lipinski definition) is 1. The van der Waals surface area contributed by atoms with E-state index in [9.17, 15) is 4.79 Å². The highest BCUT2D eigenvalue weighted by molar-refractivity contribution is 7.80. The highest BCUT2D eigenvalue weighted by atomic mass is 32.1. The average molecular weight is 227 g/mol. The molecule has 0 spiro atoms. The van der Waals surface area contributed by atoms with Gasteiger partial charge in [-0.05, 0) is 6.42 Å². The molecule has 0 aliphatic rings. The van der Waals surface area contributed by atoms with E-state index in [-0.39, 0.29) is 11.8 Å². The first-order chi connectivity index (χ1) is 7.11. The van der Waals surface area contributed by atoms with Crippen LogP contribution < -0.4 is 5.32 Å². The Bertz CT molecular complexity index is 226. The zero-order valence-corrected chi connectivity index (χ0v) is 10.5. The molecule has 0 bridgehead atoms. The van der Waals surface area contributed by atoms with Crippen molar-refractivity contribution in [2.45, 2.75) is 39.5 Å². The molecule has 0 heterocycles. The summed E-state index contributed by atoms with van der Waals surface area (Å²) in [4.78, 5) is 11.7. The number of rotatable bonds is 8. The van der Waals surface area contributed by atoms with Crippen molar-refractivity contribution in [1.82, 2.24) is 5.32 Å². The maximum Gasteiger partial charge on any atom is 0.216 e. The minimum absolute atomic E-state index is 0.00218. The molecular weight excluding hydrogens is 206 g/mol. The normalized spacial score (nSPS) is 11.9. The predicted octanol–water partition coefficient (Wildman–Crippen LogP) is 2.87. The summed E-state index contributed by atoms with van der Waals surface area (Å²) >= 11 is 5.21. The Kier molecular flexibility index (Phi) is 8.19. The molecule has 0 saturated heterocycles. The summed E-state index contributed by atoms with van der Waals surface area (Å²) in [5.41, 5.74) is 0. The molecule has 0 aliphatic carbocycles. The molecule has 1 amide bonds. The molecule has 15 heavy (non-hydrogen) atoms. The van der Waals surface area contributed by atoms with Crippen molar-refractivity contribution in [3.8, 4) is 0 Å². The van der Waals surface area contributed by atoms with Crippen LogP contribution in [0.5, 0.6) is 0 Å². The fraction of sp³-hybridized carbons (Fsp3) is 0.667. The van der Waals surface area contributed by atoms with Gasteiger partial charge in [0.25, 0.3) is 0 Å². The molecule has 1 N–H and O–H groups in total. The van der Waals surface area contributed by atoms with Crippen LogP contribution in [0.15, 0.2) is 12.7 Å². The van der Waals surface area contributed by atoms with Gasteiger partial charge in [0.2, 0.25) is 5.91 Å². The van der Waals surface area contributed by atoms with Gasteiger partial charge in [-0.3, -0.25) is 4.79 Å². The Labute approximate surface area is 98.1 Å². The lowest BCUT2D eigenvalue weighted by molar-refractivity contribution is -0.119. The van der Waals surface area contributed by atoms with Crippen molar-refractivity contribution in [2.75, 3.05) is 6.54 Å². The Balaban J connectivity index is 4.00. The molecule has 2 nitrogen and oxygen atoms in total. The van der Waals surface area contributed by atoms with E-state index in [0.29, 0.717) is 6.54 Å². The summed E-state index contributed by atoms with van der Waals surface area (Å²) in [7, 11) is 0. The smallest absolute Gasteiger partial charge is 0.216 e. The lowest BCUT2D eigenvalue weighted by Gasteiger charge is -2.16. The molecule has 1 unspecified atom stereocenters. The molecule has 0 aliphatic heterocycles. The van der Waals surface area contributed by atoms with Crippen LogP contribution in [0.4, 0.5) is 0 Å². The first-order valence-corrected chi connectivity index (χ1v) is 5.93. The predicted molar refractivity (Wildman–Crippen MR) is 69.1 cm³/mol. The molecule has 0 aromatic rings. The molecule has 0 rings (SSSR count). The van der Waals surface area contributed by atoms with Gasteiger partial charge < -0.3 is 5.32 Å². The number of carbonyl (C=O) groups is 1. The van der Waals surface area contributed by atoms with E-state index in [0.717, 1.165) is 17.7 Å². The van der Waals surface area contributed by atoms with Crippen molar-refractivity contribution >= 4 is 23.0 Å². The van der Waals surface area contributed by atoms with Gasteiger partial charge in [-0.25, -0.2) is 0 Å². The van der Waals surface area contributed by atoms with Gasteiger partial charge in [0.15, 0.2) is 0 Å². The van der Waals surface area contributed by atoms with Gasteiger partial charge in [-0.15, -0.1) is 0 Å². The number of carbonyl (C=O) groups excluding carboxylic acids is 1. The Morgan fingerprint density at radius 1 is 1.53 bits per heavy atom. The summed E-state index contributed by atoms with van der Waals surface area (Å²) in [6.45, 7) is 8.03. The van der Waals surface area contributed by atoms with Gasteiger partial charge in [-0.1, -0.05) is 51.1 Å². The largest absolute Gasteiger partial charge is 0.356 e. The number of amides is 1. The highest BCUT2D eigenvalue weighted by Gasteiger charge is 2.11. The topological polar surface area (TPSA) is 29.1 Å². The molecule has 1 atom stereocenters. The zero-order chi connectivity index (χ0) is 11.7. The average Bonchev–Trinajstić information content (AvgIpc) is 2.21. The van der Waals surface area contributed by atoms with Crippen LogP contribution in [-0.4, -0.2) is 17.3 Å². The second-order valence-electron chi connectivity index (χ2n) is 3.74. The van der Waals surface area contributed by atoms with Crippen molar-refractivity contribution in [3.05, 3.63) is 12.7 Å². The monoisotopic (exact) mass is 227 g/mol. The molecule has 0 fully saturated rings. The first-order valence-electron chi connectivity index (χ1n) is 5.52. The third-order valence-electron chi connectivity index (χ3n) is 2.36. The van der Waals surface area contributed by atoms with E-state index >= 15 is 0 Å². The van der Waals surface area contributed by atoms with Gasteiger partial charge in [-0.2, -0.15) is 0 Å². The second kappa shape index (κ2) is 8.60. The van der Waals surface area contributed by atoms with E-state index in [4.69, 9.17) is 12.2 Å². The van der Waals surface area contributed by atoms with Crippen LogP contribution in [0, 0.1) is 5.92 Å². The number of thiocarbonyl (C=S) groups is 1. The fourth-order valence-corrected chi connectivity index (χ4v) is 1.62. The van der Waals surface area contributed by atoms with Crippen molar-refractivity contribution in [1.29, 1.82) is 0 Å². The molecule has 0 aromatic carbocycles. The summed E-state index contributed by atoms with van der Waals surface area (Å²) in [5.74, 6) is 0.273. The molecule has 0 radical (unpaired) electrons. The quantitative estimate of drug-likeness (QED) is 0.392. The van der Waals surface area contributed by atoms with E-state index in [2.05, 4.69) is 18.8 Å². The maximum absolute atomic E-state index is 10.8. The molecule has 0 aromatic heterocycles. The number of hydrogen-bond acceptors (Lipinski definition) is 2. The van der Waals surface area contributed by atoms with Crippen LogP contribution in [0.25, 0.3) is 0 Å². The Morgan fingerprint density at radius 2 is 2.20 bits per heavy atom. The molecule has 86 valence electrons. The molecular formula is C12H21NOS. The maximum atomic E-state index is 10.8. The van der Waals surface area contributed by atoms with Crippen LogP contribution in [0.3, 0.4) is 0 Å². The van der Waals surface area contributed by atoms with Gasteiger partial charge >= 0.3 is 0 Å². The van der Waals surface area contributed by atoms with Crippen molar-refractivity contribution in [3.63, 3.8) is 0 Å². The van der Waals surface area contributed by atoms with Gasteiger partial charge in [0.1, 0.15) is 0 Å². The molecule has 3 heteroatoms. The zero-order valence-electron chi connectivity index (χ0n) is 9.71. The van der Waals surface area contributed by atoms with Crippen molar-refractivity contribution in [2.24, 2.45) is 5.92 Å². The molecule has 0 saturated carbocycles. The van der Waals surface area contributed by atoms with E-state index in [1.165, 1.54) is 19.8 Å². The minimum Gasteiger partial charge on any atom is -0.356 e. The SMILES string of the molecule is C=CC(=S)C(CCCCC)CNC(C)=O. The van der Waals surface area contributed by atoms with E-state index in [1.807, 2.05) is 0 Å². The Morgan fingerprint density at radius 3 is 2.67 bits per heavy atom. The summed E-state index contributed by atoms with van der Waals surface area (Å²) < 4.78 is 0. The number of allylic oxidation sites excluding steroid dienone is 1. The van der Waals surface area contributed by atoms with E-state index in [1.54, 1.807) is 6.08 Å². The van der Waals surface area contributed by atoms with Crippen LogP contribution in [0.1, 0.15) is 39.5 Å². The lowest BCUT2D eigenvalue weighted by atomic mass is 9.97. The van der Waals surface area contributed by atoms with Crippen LogP contribution in [0.2, 0.25) is 0 Å². The lowest BCUT2D eigenvalue weighted by Crippen LogP contribution is -2.30. The van der Waals surface area contributed by atoms with Crippen molar-refractivity contribution < 1.29 is 4.79 Å². The van der Waals surface area contributed by atoms with Gasteiger partial charge in [0, 0.05) is 24.3 Å². The number of unbranched alkanes of at least 4 members (excludes halogenated alkanes) is 2. The number of nitrogens with one attached hydrogen (secondary N) is 1. The summed E-state index contributed by atoms with van der Waals surface area (Å²) in [6, 6.07) is 0. The standard InChI is InChI=1S/C12H21NOS/c1-4-6-7-8-11(12(15)5-2)9-13-10(3)14/h5,11H,2,4,6-9H2,1,3H3,(H,13,14). The fourth-order valence-electron chi connectivity index (χ4n) is 1.42.